The normalized spacial score (nSPS) is 13.6. The first-order valence-corrected chi connectivity index (χ1v) is 25.6. The highest BCUT2D eigenvalue weighted by Crippen LogP contribution is 2.17. The van der Waals surface area contributed by atoms with Crippen LogP contribution in [0, 0.1) is 0 Å². The van der Waals surface area contributed by atoms with Gasteiger partial charge in [-0.3, -0.25) is 4.79 Å². The first kappa shape index (κ1) is 55.8. The van der Waals surface area contributed by atoms with Crippen molar-refractivity contribution in [3.63, 3.8) is 0 Å². The summed E-state index contributed by atoms with van der Waals surface area (Å²) in [6.45, 7) is 4.18. The maximum absolute atomic E-state index is 12.5. The van der Waals surface area contributed by atoms with Crippen molar-refractivity contribution < 1.29 is 20.1 Å². The van der Waals surface area contributed by atoms with Crippen LogP contribution in [-0.4, -0.2) is 46.1 Å². The first-order valence-electron chi connectivity index (χ1n) is 25.6. The third-order valence-corrected chi connectivity index (χ3v) is 12.0. The third kappa shape index (κ3) is 42.8. The quantitative estimate of drug-likeness (QED) is 0.0364. The highest BCUT2D eigenvalue weighted by Gasteiger charge is 2.26. The van der Waals surface area contributed by atoms with Crippen LogP contribution in [0.4, 0.5) is 0 Å². The Balaban J connectivity index is 3.57. The van der Waals surface area contributed by atoms with E-state index >= 15 is 0 Å². The number of hydrogen-bond acceptors (Lipinski definition) is 4. The predicted molar refractivity (Wildman–Crippen MR) is 250 cm³/mol. The van der Waals surface area contributed by atoms with Gasteiger partial charge in [-0.05, 0) is 51.4 Å². The molecular weight excluding hydrogens is 703 g/mol. The molecule has 0 aliphatic carbocycles. The number of amides is 1. The van der Waals surface area contributed by atoms with Gasteiger partial charge in [-0.25, -0.2) is 0 Å². The zero-order chi connectivity index (χ0) is 41.5. The topological polar surface area (TPSA) is 89.8 Å². The zero-order valence-corrected chi connectivity index (χ0v) is 38.5. The number of carbonyl (C=O) groups excluding carboxylic acids is 1. The molecule has 57 heavy (non-hydrogen) atoms. The van der Waals surface area contributed by atoms with Crippen LogP contribution in [0.5, 0.6) is 0 Å². The minimum Gasteiger partial charge on any atom is -0.394 e. The standard InChI is InChI=1S/C52H101NO4/c1-3-5-7-9-11-13-15-17-19-21-22-23-24-25-26-27-28-29-31-33-35-37-39-41-43-45-47-51(56)53-49(48-54)52(57)50(55)46-44-42-40-38-36-34-32-30-20-18-16-14-12-10-8-6-4-2/h30,32,38,40,49-50,52,54-55,57H,3-29,31,33-37,39,41-48H2,1-2H3,(H,53,56)/b32-30+,40-38+. The zero-order valence-electron chi connectivity index (χ0n) is 38.5. The molecule has 3 unspecified atom stereocenters. The molecule has 4 N–H and O–H groups in total. The van der Waals surface area contributed by atoms with E-state index in [9.17, 15) is 20.1 Å². The summed E-state index contributed by atoms with van der Waals surface area (Å²) in [6.07, 6.45) is 58.9. The SMILES string of the molecule is CCCCCCCCCC/C=C/CC/C=C/CCCC(O)C(O)C(CO)NC(=O)CCCCCCCCCCCCCCCCCCCCCCCCCCCC. The molecule has 0 bridgehead atoms. The van der Waals surface area contributed by atoms with Gasteiger partial charge in [-0.2, -0.15) is 0 Å². The van der Waals surface area contributed by atoms with Gasteiger partial charge in [-0.15, -0.1) is 0 Å². The predicted octanol–water partition coefficient (Wildman–Crippen LogP) is 15.3. The maximum atomic E-state index is 12.5. The van der Waals surface area contributed by atoms with E-state index in [1.807, 2.05) is 0 Å². The lowest BCUT2D eigenvalue weighted by Gasteiger charge is -2.26. The van der Waals surface area contributed by atoms with Gasteiger partial charge < -0.3 is 20.6 Å². The monoisotopic (exact) mass is 804 g/mol. The summed E-state index contributed by atoms with van der Waals surface area (Å²) in [5.74, 6) is -0.153. The number of carbonyl (C=O) groups is 1. The number of aliphatic hydroxyl groups is 3. The van der Waals surface area contributed by atoms with Crippen LogP contribution in [0.15, 0.2) is 24.3 Å². The molecule has 0 saturated carbocycles. The average Bonchev–Trinajstić information content (AvgIpc) is 3.22. The Kier molecular flexibility index (Phi) is 46.5. The second-order valence-corrected chi connectivity index (χ2v) is 17.7. The van der Waals surface area contributed by atoms with Crippen molar-refractivity contribution in [3.05, 3.63) is 24.3 Å². The minimum atomic E-state index is -1.16. The Labute approximate surface area is 356 Å². The van der Waals surface area contributed by atoms with Crippen molar-refractivity contribution >= 4 is 5.91 Å². The highest BCUT2D eigenvalue weighted by molar-refractivity contribution is 5.76. The van der Waals surface area contributed by atoms with Crippen molar-refractivity contribution in [2.24, 2.45) is 0 Å². The molecule has 0 spiro atoms. The number of hydrogen-bond donors (Lipinski definition) is 4. The molecule has 5 nitrogen and oxygen atoms in total. The van der Waals surface area contributed by atoms with E-state index in [2.05, 4.69) is 43.5 Å². The Hall–Kier alpha value is -1.17. The lowest BCUT2D eigenvalue weighted by molar-refractivity contribution is -0.124. The van der Waals surface area contributed by atoms with Crippen molar-refractivity contribution in [3.8, 4) is 0 Å². The van der Waals surface area contributed by atoms with E-state index in [-0.39, 0.29) is 12.5 Å². The fourth-order valence-corrected chi connectivity index (χ4v) is 8.06. The number of rotatable bonds is 47. The van der Waals surface area contributed by atoms with E-state index in [1.165, 1.54) is 205 Å². The lowest BCUT2D eigenvalue weighted by Crippen LogP contribution is -2.50. The van der Waals surface area contributed by atoms with E-state index in [1.54, 1.807) is 0 Å². The summed E-state index contributed by atoms with van der Waals surface area (Å²) in [5.41, 5.74) is 0. The van der Waals surface area contributed by atoms with Crippen LogP contribution in [0.25, 0.3) is 0 Å². The van der Waals surface area contributed by atoms with Crippen LogP contribution < -0.4 is 5.32 Å². The van der Waals surface area contributed by atoms with Crippen molar-refractivity contribution in [1.82, 2.24) is 5.32 Å². The molecule has 0 heterocycles. The molecule has 0 aromatic rings. The summed E-state index contributed by atoms with van der Waals surface area (Å²) in [4.78, 5) is 12.5. The van der Waals surface area contributed by atoms with Crippen LogP contribution in [0.2, 0.25) is 0 Å². The Morgan fingerprint density at radius 1 is 0.421 bits per heavy atom. The Bertz CT molecular complexity index is 844. The highest BCUT2D eigenvalue weighted by atomic mass is 16.3. The van der Waals surface area contributed by atoms with Gasteiger partial charge in [0.2, 0.25) is 5.91 Å². The van der Waals surface area contributed by atoms with Gasteiger partial charge in [0.1, 0.15) is 6.10 Å². The smallest absolute Gasteiger partial charge is 0.220 e. The second-order valence-electron chi connectivity index (χ2n) is 17.7. The summed E-state index contributed by atoms with van der Waals surface area (Å²) in [6, 6.07) is -0.829. The number of aliphatic hydroxyl groups excluding tert-OH is 3. The molecular formula is C52H101NO4. The minimum absolute atomic E-state index is 0.153. The van der Waals surface area contributed by atoms with Gasteiger partial charge in [0.05, 0.1) is 18.8 Å². The Morgan fingerprint density at radius 2 is 0.719 bits per heavy atom. The fourth-order valence-electron chi connectivity index (χ4n) is 8.06. The summed E-state index contributed by atoms with van der Waals surface area (Å²) >= 11 is 0. The van der Waals surface area contributed by atoms with Crippen molar-refractivity contribution in [2.75, 3.05) is 6.61 Å². The van der Waals surface area contributed by atoms with Gasteiger partial charge in [0.25, 0.3) is 0 Å². The van der Waals surface area contributed by atoms with E-state index < -0.39 is 18.2 Å². The van der Waals surface area contributed by atoms with Gasteiger partial charge >= 0.3 is 0 Å². The number of nitrogens with one attached hydrogen (secondary N) is 1. The van der Waals surface area contributed by atoms with Gasteiger partial charge in [0, 0.05) is 6.42 Å². The van der Waals surface area contributed by atoms with Gasteiger partial charge in [-0.1, -0.05) is 244 Å². The molecule has 1 amide bonds. The van der Waals surface area contributed by atoms with Crippen LogP contribution in [-0.2, 0) is 4.79 Å². The molecule has 0 rings (SSSR count). The molecule has 338 valence electrons. The summed E-state index contributed by atoms with van der Waals surface area (Å²) in [7, 11) is 0. The molecule has 0 fully saturated rings. The summed E-state index contributed by atoms with van der Waals surface area (Å²) < 4.78 is 0. The molecule has 5 heteroatoms. The van der Waals surface area contributed by atoms with Crippen LogP contribution >= 0.6 is 0 Å². The molecule has 0 saturated heterocycles. The van der Waals surface area contributed by atoms with E-state index in [0.717, 1.165) is 44.9 Å². The first-order chi connectivity index (χ1) is 28.1. The Morgan fingerprint density at radius 3 is 1.07 bits per heavy atom. The number of unbranched alkanes of at least 4 members (excludes halogenated alkanes) is 35. The largest absolute Gasteiger partial charge is 0.394 e. The van der Waals surface area contributed by atoms with E-state index in [0.29, 0.717) is 12.8 Å². The average molecular weight is 804 g/mol. The molecule has 0 aliphatic rings. The second kappa shape index (κ2) is 47.5. The fraction of sp³-hybridized carbons (Fsp3) is 0.904. The molecule has 0 aromatic carbocycles. The number of allylic oxidation sites excluding steroid dienone is 4. The van der Waals surface area contributed by atoms with Crippen LogP contribution in [0.3, 0.4) is 0 Å². The molecule has 0 aliphatic heterocycles. The van der Waals surface area contributed by atoms with Crippen molar-refractivity contribution in [2.45, 2.75) is 295 Å². The summed E-state index contributed by atoms with van der Waals surface area (Å²) in [5, 5.41) is 33.6. The van der Waals surface area contributed by atoms with Gasteiger partial charge in [0.15, 0.2) is 0 Å². The molecule has 3 atom stereocenters. The maximum Gasteiger partial charge on any atom is 0.220 e. The van der Waals surface area contributed by atoms with Crippen molar-refractivity contribution in [1.29, 1.82) is 0 Å². The molecule has 0 aromatic heterocycles. The van der Waals surface area contributed by atoms with Crippen LogP contribution in [0.1, 0.15) is 277 Å². The van der Waals surface area contributed by atoms with E-state index in [4.69, 9.17) is 0 Å². The molecule has 0 radical (unpaired) electrons. The third-order valence-electron chi connectivity index (χ3n) is 12.0. The lowest BCUT2D eigenvalue weighted by atomic mass is 10.0.